The van der Waals surface area contributed by atoms with Crippen molar-refractivity contribution in [2.45, 2.75) is 37.6 Å². The van der Waals surface area contributed by atoms with Gasteiger partial charge in [-0.3, -0.25) is 4.79 Å². The molecule has 4 rings (SSSR count). The van der Waals surface area contributed by atoms with Gasteiger partial charge in [-0.25, -0.2) is 0 Å². The Bertz CT molecular complexity index is 739. The number of aromatic nitrogens is 2. The third kappa shape index (κ3) is 3.45. The molecule has 7 heteroatoms. The lowest BCUT2D eigenvalue weighted by molar-refractivity contribution is -0.134. The van der Waals surface area contributed by atoms with Gasteiger partial charge in [-0.1, -0.05) is 5.16 Å². The molecular weight excluding hydrogens is 322 g/mol. The van der Waals surface area contributed by atoms with Gasteiger partial charge in [0.05, 0.1) is 7.11 Å². The Morgan fingerprint density at radius 2 is 2.00 bits per heavy atom. The van der Waals surface area contributed by atoms with Crippen LogP contribution in [0.25, 0.3) is 0 Å². The highest BCUT2D eigenvalue weighted by Gasteiger charge is 2.36. The van der Waals surface area contributed by atoms with Crippen LogP contribution in [0.4, 0.5) is 0 Å². The van der Waals surface area contributed by atoms with Crippen LogP contribution in [0.5, 0.6) is 11.5 Å². The van der Waals surface area contributed by atoms with E-state index >= 15 is 0 Å². The first-order valence-corrected chi connectivity index (χ1v) is 8.64. The smallest absolute Gasteiger partial charge is 0.261 e. The molecule has 1 amide bonds. The summed E-state index contributed by atoms with van der Waals surface area (Å²) in [5.41, 5.74) is 0. The van der Waals surface area contributed by atoms with Crippen molar-refractivity contribution in [2.24, 2.45) is 0 Å². The largest absolute Gasteiger partial charge is 0.497 e. The van der Waals surface area contributed by atoms with Crippen molar-refractivity contribution < 1.29 is 18.8 Å². The van der Waals surface area contributed by atoms with E-state index in [2.05, 4.69) is 10.1 Å². The van der Waals surface area contributed by atoms with E-state index in [1.165, 1.54) is 0 Å². The van der Waals surface area contributed by atoms with Crippen LogP contribution in [0.3, 0.4) is 0 Å². The Morgan fingerprint density at radius 1 is 1.24 bits per heavy atom. The quantitative estimate of drug-likeness (QED) is 0.802. The third-order valence-corrected chi connectivity index (χ3v) is 4.68. The number of rotatable bonds is 6. The van der Waals surface area contributed by atoms with Crippen LogP contribution >= 0.6 is 0 Å². The molecule has 7 nitrogen and oxygen atoms in total. The highest BCUT2D eigenvalue weighted by Crippen LogP contribution is 2.39. The fourth-order valence-electron chi connectivity index (χ4n) is 3.11. The van der Waals surface area contributed by atoms with Gasteiger partial charge in [-0.05, 0) is 49.9 Å². The summed E-state index contributed by atoms with van der Waals surface area (Å²) in [6, 6.07) is 7.04. The number of methoxy groups -OCH3 is 1. The molecule has 1 saturated carbocycles. The summed E-state index contributed by atoms with van der Waals surface area (Å²) in [6.07, 6.45) is 4.03. The highest BCUT2D eigenvalue weighted by molar-refractivity contribution is 5.78. The monoisotopic (exact) mass is 343 g/mol. The van der Waals surface area contributed by atoms with Gasteiger partial charge in [-0.15, -0.1) is 0 Å². The topological polar surface area (TPSA) is 77.7 Å². The first-order valence-electron chi connectivity index (χ1n) is 8.64. The van der Waals surface area contributed by atoms with Crippen LogP contribution in [-0.2, 0) is 4.79 Å². The molecule has 25 heavy (non-hydrogen) atoms. The number of carbonyl (C=O) groups excluding carboxylic acids is 1. The van der Waals surface area contributed by atoms with Gasteiger partial charge in [-0.2, -0.15) is 4.98 Å². The van der Waals surface area contributed by atoms with Crippen LogP contribution < -0.4 is 9.47 Å². The van der Waals surface area contributed by atoms with Crippen molar-refractivity contribution in [2.75, 3.05) is 20.3 Å². The van der Waals surface area contributed by atoms with E-state index in [4.69, 9.17) is 14.0 Å². The number of likely N-dealkylation sites (tertiary alicyclic amines) is 1. The fourth-order valence-corrected chi connectivity index (χ4v) is 3.11. The second kappa shape index (κ2) is 6.74. The fraction of sp³-hybridized carbons (Fsp3) is 0.500. The van der Waals surface area contributed by atoms with Gasteiger partial charge in [0, 0.05) is 12.5 Å². The lowest BCUT2D eigenvalue weighted by atomic mass is 10.2. The van der Waals surface area contributed by atoms with E-state index in [0.717, 1.165) is 37.3 Å². The molecule has 2 aliphatic rings. The van der Waals surface area contributed by atoms with Crippen LogP contribution in [0.2, 0.25) is 0 Å². The maximum absolute atomic E-state index is 12.6. The molecular formula is C18H21N3O4. The van der Waals surface area contributed by atoms with E-state index in [-0.39, 0.29) is 18.6 Å². The van der Waals surface area contributed by atoms with Crippen LogP contribution in [0.1, 0.15) is 49.4 Å². The van der Waals surface area contributed by atoms with E-state index in [0.29, 0.717) is 24.1 Å². The lowest BCUT2D eigenvalue weighted by Crippen LogP contribution is -2.34. The maximum Gasteiger partial charge on any atom is 0.261 e. The molecule has 1 aliphatic heterocycles. The summed E-state index contributed by atoms with van der Waals surface area (Å²) in [5.74, 6) is 3.10. The summed E-state index contributed by atoms with van der Waals surface area (Å²) >= 11 is 0. The molecule has 1 aromatic carbocycles. The molecule has 0 bridgehead atoms. The number of hydrogen-bond acceptors (Lipinski definition) is 6. The molecule has 1 atom stereocenters. The first kappa shape index (κ1) is 15.9. The zero-order chi connectivity index (χ0) is 17.2. The predicted molar refractivity (Wildman–Crippen MR) is 88.5 cm³/mol. The van der Waals surface area contributed by atoms with Crippen molar-refractivity contribution in [3.63, 3.8) is 0 Å². The molecule has 2 heterocycles. The lowest BCUT2D eigenvalue weighted by Gasteiger charge is -2.21. The third-order valence-electron chi connectivity index (χ3n) is 4.68. The Kier molecular flexibility index (Phi) is 4.29. The molecule has 2 aromatic rings. The van der Waals surface area contributed by atoms with E-state index in [1.807, 2.05) is 0 Å². The van der Waals surface area contributed by atoms with Crippen LogP contribution in [0, 0.1) is 0 Å². The van der Waals surface area contributed by atoms with Gasteiger partial charge in [0.2, 0.25) is 5.89 Å². The second-order valence-corrected chi connectivity index (χ2v) is 6.47. The average Bonchev–Trinajstić information content (AvgIpc) is 3.18. The summed E-state index contributed by atoms with van der Waals surface area (Å²) < 4.78 is 16.1. The zero-order valence-electron chi connectivity index (χ0n) is 14.2. The number of carbonyl (C=O) groups is 1. The Morgan fingerprint density at radius 3 is 2.72 bits per heavy atom. The van der Waals surface area contributed by atoms with Crippen LogP contribution in [0.15, 0.2) is 28.8 Å². The van der Waals surface area contributed by atoms with E-state index in [9.17, 15) is 4.79 Å². The molecule has 0 spiro atoms. The molecule has 0 radical (unpaired) electrons. The summed E-state index contributed by atoms with van der Waals surface area (Å²) in [7, 11) is 1.61. The Balaban J connectivity index is 1.37. The Labute approximate surface area is 145 Å². The van der Waals surface area contributed by atoms with Gasteiger partial charge in [0.15, 0.2) is 12.4 Å². The van der Waals surface area contributed by atoms with Crippen molar-refractivity contribution in [1.29, 1.82) is 0 Å². The van der Waals surface area contributed by atoms with Crippen molar-refractivity contribution in [1.82, 2.24) is 15.0 Å². The number of amides is 1. The molecule has 1 unspecified atom stereocenters. The summed E-state index contributed by atoms with van der Waals surface area (Å²) in [5, 5.41) is 4.06. The Hall–Kier alpha value is -2.57. The normalized spacial score (nSPS) is 19.9. The zero-order valence-corrected chi connectivity index (χ0v) is 14.2. The number of benzene rings is 1. The van der Waals surface area contributed by atoms with Gasteiger partial charge >= 0.3 is 0 Å². The molecule has 1 aliphatic carbocycles. The van der Waals surface area contributed by atoms with Gasteiger partial charge < -0.3 is 18.9 Å². The molecule has 132 valence electrons. The van der Waals surface area contributed by atoms with Gasteiger partial charge in [0.1, 0.15) is 17.5 Å². The van der Waals surface area contributed by atoms with Crippen molar-refractivity contribution >= 4 is 5.91 Å². The number of nitrogens with zero attached hydrogens (tertiary/aromatic N) is 3. The molecule has 2 fully saturated rings. The molecule has 0 N–H and O–H groups in total. The molecule has 1 saturated heterocycles. The van der Waals surface area contributed by atoms with E-state index in [1.54, 1.807) is 36.3 Å². The standard InChI is InChI=1S/C18H21N3O4/c1-23-13-6-8-14(9-7-13)24-11-16(22)21-10-2-3-15(21)18-19-17(20-25-18)12-4-5-12/h6-9,12,15H,2-5,10-11H2,1H3. The second-order valence-electron chi connectivity index (χ2n) is 6.47. The minimum atomic E-state index is -0.132. The number of hydrogen-bond donors (Lipinski definition) is 0. The predicted octanol–water partition coefficient (Wildman–Crippen LogP) is 2.70. The first-order chi connectivity index (χ1) is 12.2. The number of ether oxygens (including phenoxy) is 2. The van der Waals surface area contributed by atoms with Crippen LogP contribution in [-0.4, -0.2) is 41.2 Å². The van der Waals surface area contributed by atoms with Gasteiger partial charge in [0.25, 0.3) is 5.91 Å². The summed E-state index contributed by atoms with van der Waals surface area (Å²) in [6.45, 7) is 0.684. The maximum atomic E-state index is 12.6. The SMILES string of the molecule is COc1ccc(OCC(=O)N2CCCC2c2nc(C3CC3)no2)cc1. The minimum Gasteiger partial charge on any atom is -0.497 e. The average molecular weight is 343 g/mol. The minimum absolute atomic E-state index is 0.00749. The van der Waals surface area contributed by atoms with Crippen molar-refractivity contribution in [3.8, 4) is 11.5 Å². The summed E-state index contributed by atoms with van der Waals surface area (Å²) in [4.78, 5) is 18.8. The highest BCUT2D eigenvalue weighted by atomic mass is 16.5. The van der Waals surface area contributed by atoms with E-state index < -0.39 is 0 Å². The molecule has 1 aromatic heterocycles. The van der Waals surface area contributed by atoms with Crippen molar-refractivity contribution in [3.05, 3.63) is 36.0 Å².